The molecule has 4 nitrogen and oxygen atoms in total. The molecule has 2 aromatic rings. The number of amides is 1. The molecule has 2 N–H and O–H groups in total. The van der Waals surface area contributed by atoms with Crippen molar-refractivity contribution in [2.45, 2.75) is 20.3 Å². The van der Waals surface area contributed by atoms with Crippen molar-refractivity contribution in [3.63, 3.8) is 0 Å². The summed E-state index contributed by atoms with van der Waals surface area (Å²) in [5.74, 6) is 0.702. The highest BCUT2D eigenvalue weighted by Crippen LogP contribution is 2.23. The molecule has 0 aliphatic rings. The molecular weight excluding hydrogens is 356 g/mol. The van der Waals surface area contributed by atoms with Gasteiger partial charge in [-0.05, 0) is 59.1 Å². The largest absolute Gasteiger partial charge is 0.494 e. The molecule has 5 heteroatoms. The quantitative estimate of drug-likeness (QED) is 0.742. The first kappa shape index (κ1) is 17.3. The van der Waals surface area contributed by atoms with Gasteiger partial charge in [0.1, 0.15) is 5.75 Å². The average molecular weight is 377 g/mol. The van der Waals surface area contributed by atoms with E-state index in [1.807, 2.05) is 49.4 Å². The van der Waals surface area contributed by atoms with Crippen LogP contribution in [-0.2, 0) is 4.79 Å². The van der Waals surface area contributed by atoms with E-state index in [0.29, 0.717) is 6.61 Å². The Bertz CT molecular complexity index is 674. The number of hydrogen-bond acceptors (Lipinski definition) is 3. The summed E-state index contributed by atoms with van der Waals surface area (Å²) in [6.07, 6.45) is 0.964. The Morgan fingerprint density at radius 3 is 2.78 bits per heavy atom. The highest BCUT2D eigenvalue weighted by Gasteiger charge is 2.06. The first-order chi connectivity index (χ1) is 11.1. The fourth-order valence-corrected chi connectivity index (χ4v) is 2.61. The predicted octanol–water partition coefficient (Wildman–Crippen LogP) is 4.60. The van der Waals surface area contributed by atoms with Crippen molar-refractivity contribution in [3.8, 4) is 5.75 Å². The number of nitrogens with one attached hydrogen (secondary N) is 2. The number of halogens is 1. The Balaban J connectivity index is 1.89. The van der Waals surface area contributed by atoms with Crippen LogP contribution < -0.4 is 15.4 Å². The van der Waals surface area contributed by atoms with Crippen LogP contribution in [0.3, 0.4) is 0 Å². The zero-order chi connectivity index (χ0) is 16.7. The second-order valence-corrected chi connectivity index (χ2v) is 6.12. The molecular formula is C18H21BrN2O2. The van der Waals surface area contributed by atoms with E-state index in [2.05, 4.69) is 33.5 Å². The van der Waals surface area contributed by atoms with Crippen LogP contribution in [0.2, 0.25) is 0 Å². The molecule has 0 aromatic heterocycles. The van der Waals surface area contributed by atoms with E-state index >= 15 is 0 Å². The van der Waals surface area contributed by atoms with E-state index < -0.39 is 0 Å². The smallest absolute Gasteiger partial charge is 0.243 e. The fourth-order valence-electron chi connectivity index (χ4n) is 2.01. The van der Waals surface area contributed by atoms with Gasteiger partial charge in [-0.25, -0.2) is 0 Å². The molecule has 23 heavy (non-hydrogen) atoms. The Labute approximate surface area is 145 Å². The van der Waals surface area contributed by atoms with Crippen LogP contribution in [-0.4, -0.2) is 19.1 Å². The van der Waals surface area contributed by atoms with E-state index in [4.69, 9.17) is 4.74 Å². The van der Waals surface area contributed by atoms with Gasteiger partial charge in [0.15, 0.2) is 0 Å². The molecule has 0 aliphatic carbocycles. The number of benzene rings is 2. The summed E-state index contributed by atoms with van der Waals surface area (Å²) in [6, 6.07) is 13.4. The minimum Gasteiger partial charge on any atom is -0.494 e. The number of carbonyl (C=O) groups excluding carboxylic acids is 1. The summed E-state index contributed by atoms with van der Waals surface area (Å²) >= 11 is 3.45. The van der Waals surface area contributed by atoms with Crippen LogP contribution in [0.4, 0.5) is 11.4 Å². The van der Waals surface area contributed by atoms with Gasteiger partial charge in [-0.3, -0.25) is 4.79 Å². The van der Waals surface area contributed by atoms with Crippen molar-refractivity contribution in [3.05, 3.63) is 52.5 Å². The Hall–Kier alpha value is -2.01. The van der Waals surface area contributed by atoms with Gasteiger partial charge in [0.2, 0.25) is 5.91 Å². The molecule has 2 rings (SSSR count). The van der Waals surface area contributed by atoms with Crippen LogP contribution >= 0.6 is 15.9 Å². The molecule has 0 unspecified atom stereocenters. The second-order valence-electron chi connectivity index (χ2n) is 5.26. The Morgan fingerprint density at radius 1 is 1.22 bits per heavy atom. The van der Waals surface area contributed by atoms with Crippen LogP contribution in [0.1, 0.15) is 18.9 Å². The maximum absolute atomic E-state index is 12.1. The van der Waals surface area contributed by atoms with E-state index in [1.165, 1.54) is 0 Å². The molecule has 0 radical (unpaired) electrons. The van der Waals surface area contributed by atoms with Crippen LogP contribution in [0, 0.1) is 6.92 Å². The molecule has 0 spiro atoms. The van der Waals surface area contributed by atoms with Gasteiger partial charge in [0, 0.05) is 16.2 Å². The Morgan fingerprint density at radius 2 is 2.04 bits per heavy atom. The third kappa shape index (κ3) is 5.60. The summed E-state index contributed by atoms with van der Waals surface area (Å²) < 4.78 is 6.45. The number of aryl methyl sites for hydroxylation is 1. The molecule has 0 fully saturated rings. The molecule has 0 aliphatic heterocycles. The van der Waals surface area contributed by atoms with Gasteiger partial charge >= 0.3 is 0 Å². The average Bonchev–Trinajstić information content (AvgIpc) is 2.54. The molecule has 0 atom stereocenters. The summed E-state index contributed by atoms with van der Waals surface area (Å²) in [5, 5.41) is 5.98. The summed E-state index contributed by atoms with van der Waals surface area (Å²) in [7, 11) is 0. The molecule has 0 saturated carbocycles. The zero-order valence-corrected chi connectivity index (χ0v) is 14.9. The third-order valence-electron chi connectivity index (χ3n) is 3.16. The first-order valence-electron chi connectivity index (χ1n) is 7.61. The Kier molecular flexibility index (Phi) is 6.47. The van der Waals surface area contributed by atoms with Crippen molar-refractivity contribution < 1.29 is 9.53 Å². The zero-order valence-electron chi connectivity index (χ0n) is 13.4. The predicted molar refractivity (Wildman–Crippen MR) is 98.2 cm³/mol. The standard InChI is InChI=1S/C18H21BrN2O2/c1-3-9-23-15-6-4-5-14(11-15)20-12-18(22)21-17-8-7-13(2)10-16(17)19/h4-8,10-11,20H,3,9,12H2,1-2H3,(H,21,22). The molecule has 2 aromatic carbocycles. The van der Waals surface area contributed by atoms with E-state index in [9.17, 15) is 4.79 Å². The lowest BCUT2D eigenvalue weighted by molar-refractivity contribution is -0.114. The van der Waals surface area contributed by atoms with Crippen molar-refractivity contribution in [2.24, 2.45) is 0 Å². The van der Waals surface area contributed by atoms with Crippen LogP contribution in [0.15, 0.2) is 46.9 Å². The number of hydrogen-bond donors (Lipinski definition) is 2. The lowest BCUT2D eigenvalue weighted by atomic mass is 10.2. The van der Waals surface area contributed by atoms with Crippen molar-refractivity contribution in [2.75, 3.05) is 23.8 Å². The molecule has 0 saturated heterocycles. The fraction of sp³-hybridized carbons (Fsp3) is 0.278. The second kappa shape index (κ2) is 8.58. The number of ether oxygens (including phenoxy) is 1. The minimum absolute atomic E-state index is 0.102. The maximum Gasteiger partial charge on any atom is 0.243 e. The highest BCUT2D eigenvalue weighted by molar-refractivity contribution is 9.10. The molecule has 122 valence electrons. The maximum atomic E-state index is 12.1. The van der Waals surface area contributed by atoms with Gasteiger partial charge in [-0.1, -0.05) is 19.1 Å². The van der Waals surface area contributed by atoms with Crippen molar-refractivity contribution in [1.29, 1.82) is 0 Å². The lowest BCUT2D eigenvalue weighted by Crippen LogP contribution is -2.22. The summed E-state index contributed by atoms with van der Waals surface area (Å²) in [6.45, 7) is 4.95. The topological polar surface area (TPSA) is 50.4 Å². The number of rotatable bonds is 7. The SMILES string of the molecule is CCCOc1cccc(NCC(=O)Nc2ccc(C)cc2Br)c1. The monoisotopic (exact) mass is 376 g/mol. The van der Waals surface area contributed by atoms with E-state index in [-0.39, 0.29) is 12.5 Å². The number of anilines is 2. The van der Waals surface area contributed by atoms with Gasteiger partial charge in [0.05, 0.1) is 18.8 Å². The molecule has 0 heterocycles. The first-order valence-corrected chi connectivity index (χ1v) is 8.40. The van der Waals surface area contributed by atoms with E-state index in [0.717, 1.165) is 33.6 Å². The van der Waals surface area contributed by atoms with Gasteiger partial charge in [-0.2, -0.15) is 0 Å². The minimum atomic E-state index is -0.102. The van der Waals surface area contributed by atoms with Crippen molar-refractivity contribution >= 4 is 33.2 Å². The molecule has 0 bridgehead atoms. The summed E-state index contributed by atoms with van der Waals surface area (Å²) in [5.41, 5.74) is 2.76. The van der Waals surface area contributed by atoms with Gasteiger partial charge in [0.25, 0.3) is 0 Å². The lowest BCUT2D eigenvalue weighted by Gasteiger charge is -2.11. The highest BCUT2D eigenvalue weighted by atomic mass is 79.9. The van der Waals surface area contributed by atoms with Gasteiger partial charge < -0.3 is 15.4 Å². The normalized spacial score (nSPS) is 10.2. The van der Waals surface area contributed by atoms with Gasteiger partial charge in [-0.15, -0.1) is 0 Å². The number of carbonyl (C=O) groups is 1. The van der Waals surface area contributed by atoms with Crippen molar-refractivity contribution in [1.82, 2.24) is 0 Å². The third-order valence-corrected chi connectivity index (χ3v) is 3.81. The van der Waals surface area contributed by atoms with Crippen LogP contribution in [0.5, 0.6) is 5.75 Å². The summed E-state index contributed by atoms with van der Waals surface area (Å²) in [4.78, 5) is 12.1. The molecule has 1 amide bonds. The van der Waals surface area contributed by atoms with Crippen LogP contribution in [0.25, 0.3) is 0 Å². The van der Waals surface area contributed by atoms with E-state index in [1.54, 1.807) is 0 Å².